The second-order valence-corrected chi connectivity index (χ2v) is 7.53. The molecule has 0 unspecified atom stereocenters. The molecule has 114 valence electrons. The summed E-state index contributed by atoms with van der Waals surface area (Å²) in [6.45, 7) is 2.95. The van der Waals surface area contributed by atoms with Gasteiger partial charge in [-0.1, -0.05) is 50.5 Å². The number of carbonyl (C=O) groups is 2. The molecule has 0 aliphatic heterocycles. The highest BCUT2D eigenvalue weighted by molar-refractivity contribution is 7.30. The molecule has 1 aliphatic rings. The minimum Gasteiger partial charge on any atom is -0.288 e. The summed E-state index contributed by atoms with van der Waals surface area (Å²) < 4.78 is 0.830. The highest BCUT2D eigenvalue weighted by Gasteiger charge is 2.31. The maximum absolute atomic E-state index is 12.5. The highest BCUT2D eigenvalue weighted by Crippen LogP contribution is 2.31. The smallest absolute Gasteiger partial charge is 0.205 e. The van der Waals surface area contributed by atoms with Crippen molar-refractivity contribution in [2.75, 3.05) is 6.54 Å². The fourth-order valence-electron chi connectivity index (χ4n) is 2.48. The third-order valence-corrected chi connectivity index (χ3v) is 6.09. The predicted molar refractivity (Wildman–Crippen MR) is 90.1 cm³/mol. The van der Waals surface area contributed by atoms with E-state index in [-0.39, 0.29) is 11.6 Å². The molecular formula is C17H17NO2S2. The Morgan fingerprint density at radius 2 is 1.50 bits per heavy atom. The van der Waals surface area contributed by atoms with E-state index in [9.17, 15) is 9.59 Å². The summed E-state index contributed by atoms with van der Waals surface area (Å²) in [5.41, 5.74) is 1.03. The summed E-state index contributed by atoms with van der Waals surface area (Å²) in [7, 11) is 0. The molecule has 5 heteroatoms. The molecule has 3 rings (SSSR count). The van der Waals surface area contributed by atoms with Crippen LogP contribution < -0.4 is 3.98 Å². The number of ketones is 2. The number of carbonyl (C=O) groups excluding carboxylic acids is 2. The molecule has 2 aromatic rings. The molecule has 1 aromatic heterocycles. The zero-order chi connectivity index (χ0) is 15.5. The van der Waals surface area contributed by atoms with Crippen LogP contribution in [0.15, 0.2) is 29.3 Å². The molecule has 0 saturated heterocycles. The molecule has 0 amide bonds. The quantitative estimate of drug-likeness (QED) is 0.662. The summed E-state index contributed by atoms with van der Waals surface area (Å²) in [6.07, 6.45) is 4.67. The number of hydrogen-bond donors (Lipinski definition) is 0. The van der Waals surface area contributed by atoms with E-state index in [1.165, 1.54) is 41.9 Å². The lowest BCUT2D eigenvalue weighted by molar-refractivity contribution is 0.0985. The third kappa shape index (κ3) is 2.83. The normalized spacial score (nSPS) is 13.0. The van der Waals surface area contributed by atoms with Crippen molar-refractivity contribution >= 4 is 34.2 Å². The Kier molecular flexibility index (Phi) is 4.64. The molecule has 1 heterocycles. The standard InChI is InChI=1S/C17H17NO2S2/c1-2-3-4-7-10-18-17-21-15-13(19)11-8-5-6-9-12(11)14(20)16(15)22-17/h5-6,8-9H,2-4,7,10H2,1H3. The van der Waals surface area contributed by atoms with Crippen LogP contribution in [0.1, 0.15) is 63.1 Å². The Bertz CT molecular complexity index is 730. The van der Waals surface area contributed by atoms with Crippen molar-refractivity contribution in [2.24, 2.45) is 4.99 Å². The van der Waals surface area contributed by atoms with Gasteiger partial charge in [0.1, 0.15) is 0 Å². The van der Waals surface area contributed by atoms with Gasteiger partial charge >= 0.3 is 0 Å². The first kappa shape index (κ1) is 15.3. The van der Waals surface area contributed by atoms with Gasteiger partial charge in [-0.05, 0) is 6.42 Å². The van der Waals surface area contributed by atoms with Gasteiger partial charge in [0.2, 0.25) is 11.6 Å². The van der Waals surface area contributed by atoms with Crippen LogP contribution in [-0.4, -0.2) is 18.1 Å². The molecule has 0 fully saturated rings. The van der Waals surface area contributed by atoms with Crippen LogP contribution in [0, 0.1) is 0 Å². The Morgan fingerprint density at radius 1 is 0.909 bits per heavy atom. The maximum atomic E-state index is 12.5. The van der Waals surface area contributed by atoms with Crippen LogP contribution in [0.4, 0.5) is 0 Å². The van der Waals surface area contributed by atoms with Crippen molar-refractivity contribution in [3.63, 3.8) is 0 Å². The first-order valence-corrected chi connectivity index (χ1v) is 9.18. The molecule has 22 heavy (non-hydrogen) atoms. The Hall–Kier alpha value is -1.59. The number of rotatable bonds is 5. The maximum Gasteiger partial charge on any atom is 0.205 e. The molecule has 0 radical (unpaired) electrons. The van der Waals surface area contributed by atoms with E-state index in [0.29, 0.717) is 20.9 Å². The number of hydrogen-bond acceptors (Lipinski definition) is 5. The van der Waals surface area contributed by atoms with Crippen LogP contribution in [0.5, 0.6) is 0 Å². The zero-order valence-corrected chi connectivity index (χ0v) is 14.1. The first-order chi connectivity index (χ1) is 10.7. The van der Waals surface area contributed by atoms with E-state index in [1.54, 1.807) is 24.3 Å². The molecule has 0 saturated carbocycles. The number of benzene rings is 1. The molecular weight excluding hydrogens is 314 g/mol. The van der Waals surface area contributed by atoms with Gasteiger partial charge in [0.05, 0.1) is 9.75 Å². The topological polar surface area (TPSA) is 46.5 Å². The SMILES string of the molecule is CCCCCCN=c1sc2c(s1)C(=O)c1ccccc1C2=O. The molecule has 1 aliphatic carbocycles. The van der Waals surface area contributed by atoms with Crippen LogP contribution in [-0.2, 0) is 0 Å². The van der Waals surface area contributed by atoms with Crippen molar-refractivity contribution in [3.8, 4) is 0 Å². The summed E-state index contributed by atoms with van der Waals surface area (Å²) in [6, 6.07) is 7.05. The number of nitrogens with zero attached hydrogens (tertiary/aromatic N) is 1. The minimum absolute atomic E-state index is 0.0427. The van der Waals surface area contributed by atoms with Gasteiger partial charge in [-0.15, -0.1) is 22.7 Å². The average molecular weight is 331 g/mol. The molecule has 0 atom stereocenters. The summed E-state index contributed by atoms with van der Waals surface area (Å²) >= 11 is 2.71. The largest absolute Gasteiger partial charge is 0.288 e. The average Bonchev–Trinajstić information content (AvgIpc) is 2.97. The fourth-order valence-corrected chi connectivity index (χ4v) is 4.84. The van der Waals surface area contributed by atoms with Crippen molar-refractivity contribution < 1.29 is 9.59 Å². The summed E-state index contributed by atoms with van der Waals surface area (Å²) in [5, 5.41) is 0. The lowest BCUT2D eigenvalue weighted by Gasteiger charge is -2.12. The van der Waals surface area contributed by atoms with Gasteiger partial charge in [0, 0.05) is 17.7 Å². The van der Waals surface area contributed by atoms with E-state index in [2.05, 4.69) is 11.9 Å². The van der Waals surface area contributed by atoms with Crippen molar-refractivity contribution in [3.05, 3.63) is 49.1 Å². The Balaban J connectivity index is 1.88. The molecule has 0 N–H and O–H groups in total. The third-order valence-electron chi connectivity index (χ3n) is 3.67. The van der Waals surface area contributed by atoms with Crippen molar-refractivity contribution in [1.82, 2.24) is 0 Å². The van der Waals surface area contributed by atoms with Gasteiger partial charge in [-0.2, -0.15) is 0 Å². The fraction of sp³-hybridized carbons (Fsp3) is 0.353. The monoisotopic (exact) mass is 331 g/mol. The number of unbranched alkanes of at least 4 members (excludes halogenated alkanes) is 3. The van der Waals surface area contributed by atoms with Gasteiger partial charge in [0.25, 0.3) is 0 Å². The van der Waals surface area contributed by atoms with Crippen molar-refractivity contribution in [2.45, 2.75) is 32.6 Å². The second-order valence-electron chi connectivity index (χ2n) is 5.27. The molecule has 3 nitrogen and oxygen atoms in total. The lowest BCUT2D eigenvalue weighted by Crippen LogP contribution is -2.17. The second kappa shape index (κ2) is 6.67. The van der Waals surface area contributed by atoms with Crippen LogP contribution in [0.25, 0.3) is 0 Å². The summed E-state index contributed by atoms with van der Waals surface area (Å²) in [5.74, 6) is -0.0854. The van der Waals surface area contributed by atoms with E-state index in [1.807, 2.05) is 0 Å². The van der Waals surface area contributed by atoms with Gasteiger partial charge in [-0.25, -0.2) is 0 Å². The minimum atomic E-state index is -0.0427. The Labute approximate surface area is 137 Å². The molecule has 1 aromatic carbocycles. The zero-order valence-electron chi connectivity index (χ0n) is 12.4. The Morgan fingerprint density at radius 3 is 2.05 bits per heavy atom. The van der Waals surface area contributed by atoms with Crippen LogP contribution in [0.2, 0.25) is 0 Å². The van der Waals surface area contributed by atoms with Crippen LogP contribution in [0.3, 0.4) is 0 Å². The van der Waals surface area contributed by atoms with E-state index >= 15 is 0 Å². The van der Waals surface area contributed by atoms with Gasteiger partial charge in [-0.3, -0.25) is 14.6 Å². The predicted octanol–water partition coefficient (Wildman–Crippen LogP) is 4.07. The van der Waals surface area contributed by atoms with Crippen LogP contribution >= 0.6 is 22.7 Å². The van der Waals surface area contributed by atoms with E-state index in [4.69, 9.17) is 0 Å². The van der Waals surface area contributed by atoms with E-state index < -0.39 is 0 Å². The molecule has 0 spiro atoms. The summed E-state index contributed by atoms with van der Waals surface area (Å²) in [4.78, 5) is 30.7. The first-order valence-electron chi connectivity index (χ1n) is 7.55. The lowest BCUT2D eigenvalue weighted by atomic mass is 9.93. The number of fused-ring (bicyclic) bond motifs is 2. The van der Waals surface area contributed by atoms with Gasteiger partial charge < -0.3 is 0 Å². The highest BCUT2D eigenvalue weighted by atomic mass is 32.2. The van der Waals surface area contributed by atoms with Gasteiger partial charge in [0.15, 0.2) is 3.98 Å². The molecule has 0 bridgehead atoms. The van der Waals surface area contributed by atoms with E-state index in [0.717, 1.165) is 17.0 Å². The van der Waals surface area contributed by atoms with Crippen molar-refractivity contribution in [1.29, 1.82) is 0 Å².